The van der Waals surface area contributed by atoms with Gasteiger partial charge in [0.1, 0.15) is 0 Å². The fourth-order valence-corrected chi connectivity index (χ4v) is 5.42. The molecule has 3 rings (SSSR count). The Morgan fingerprint density at radius 1 is 0.857 bits per heavy atom. The zero-order chi connectivity index (χ0) is 14.7. The van der Waals surface area contributed by atoms with Gasteiger partial charge < -0.3 is 0 Å². The van der Waals surface area contributed by atoms with E-state index >= 15 is 0 Å². The molecule has 1 unspecified atom stereocenters. The van der Waals surface area contributed by atoms with Crippen LogP contribution in [0.15, 0.2) is 64.0 Å². The molecule has 0 N–H and O–H groups in total. The molecule has 1 atom stereocenters. The summed E-state index contributed by atoms with van der Waals surface area (Å²) in [5.41, 5.74) is 1.43. The topological polar surface area (TPSA) is 17.1 Å². The maximum atomic E-state index is 12.7. The third-order valence-corrected chi connectivity index (χ3v) is 7.12. The Morgan fingerprint density at radius 2 is 1.48 bits per heavy atom. The lowest BCUT2D eigenvalue weighted by Gasteiger charge is -2.28. The Labute approximate surface area is 137 Å². The van der Waals surface area contributed by atoms with E-state index in [4.69, 9.17) is 0 Å². The van der Waals surface area contributed by atoms with Gasteiger partial charge >= 0.3 is 0 Å². The molecule has 0 saturated heterocycles. The van der Waals surface area contributed by atoms with E-state index in [0.717, 1.165) is 35.1 Å². The van der Waals surface area contributed by atoms with Crippen LogP contribution in [0.5, 0.6) is 0 Å². The van der Waals surface area contributed by atoms with Gasteiger partial charge in [0.25, 0.3) is 0 Å². The van der Waals surface area contributed by atoms with Crippen molar-refractivity contribution in [1.82, 2.24) is 0 Å². The summed E-state index contributed by atoms with van der Waals surface area (Å²) in [7, 11) is -0.900. The molecule has 1 aliphatic carbocycles. The number of rotatable bonds is 3. The molecular formula is C18H19BrOS. The molecule has 2 aromatic rings. The van der Waals surface area contributed by atoms with Crippen molar-refractivity contribution in [3.63, 3.8) is 0 Å². The second-order valence-electron chi connectivity index (χ2n) is 5.61. The van der Waals surface area contributed by atoms with Gasteiger partial charge in [0, 0.05) is 9.72 Å². The summed E-state index contributed by atoms with van der Waals surface area (Å²) in [6.45, 7) is 0. The van der Waals surface area contributed by atoms with E-state index in [1.807, 2.05) is 24.3 Å². The van der Waals surface area contributed by atoms with Crippen molar-refractivity contribution in [2.75, 3.05) is 0 Å². The van der Waals surface area contributed by atoms with Crippen LogP contribution in [0.3, 0.4) is 0 Å². The summed E-state index contributed by atoms with van der Waals surface area (Å²) in [6.07, 6.45) is 4.39. The molecule has 21 heavy (non-hydrogen) atoms. The van der Waals surface area contributed by atoms with Crippen LogP contribution in [0, 0.1) is 0 Å². The van der Waals surface area contributed by atoms with Crippen molar-refractivity contribution in [3.05, 3.63) is 64.6 Å². The van der Waals surface area contributed by atoms with Crippen LogP contribution in [0.25, 0.3) is 0 Å². The lowest BCUT2D eigenvalue weighted by Crippen LogP contribution is -2.22. The SMILES string of the molecule is O=S(c1ccccc1Br)C1CCC(c2ccccc2)CC1. The van der Waals surface area contributed by atoms with Crippen LogP contribution < -0.4 is 0 Å². The molecule has 1 aliphatic rings. The van der Waals surface area contributed by atoms with Crippen LogP contribution in [0.1, 0.15) is 37.2 Å². The molecule has 3 heteroatoms. The maximum absolute atomic E-state index is 12.7. The molecule has 1 nitrogen and oxygen atoms in total. The minimum Gasteiger partial charge on any atom is -0.254 e. The van der Waals surface area contributed by atoms with Gasteiger partial charge in [-0.05, 0) is 65.2 Å². The molecule has 1 saturated carbocycles. The quantitative estimate of drug-likeness (QED) is 0.725. The van der Waals surface area contributed by atoms with Crippen LogP contribution in [-0.2, 0) is 10.8 Å². The highest BCUT2D eigenvalue weighted by molar-refractivity contribution is 9.10. The van der Waals surface area contributed by atoms with Gasteiger partial charge in [-0.1, -0.05) is 42.5 Å². The molecule has 2 aromatic carbocycles. The zero-order valence-electron chi connectivity index (χ0n) is 11.9. The van der Waals surface area contributed by atoms with Crippen molar-refractivity contribution in [3.8, 4) is 0 Å². The Morgan fingerprint density at radius 3 is 2.14 bits per heavy atom. The fourth-order valence-electron chi connectivity index (χ4n) is 3.12. The predicted octanol–water partition coefficient (Wildman–Crippen LogP) is 5.28. The highest BCUT2D eigenvalue weighted by Crippen LogP contribution is 2.36. The third kappa shape index (κ3) is 3.46. The number of halogens is 1. The van der Waals surface area contributed by atoms with Crippen molar-refractivity contribution < 1.29 is 4.21 Å². The Balaban J connectivity index is 1.66. The van der Waals surface area contributed by atoms with Gasteiger partial charge in [-0.3, -0.25) is 4.21 Å². The Kier molecular flexibility index (Phi) is 4.91. The van der Waals surface area contributed by atoms with Gasteiger partial charge in [-0.25, -0.2) is 0 Å². The van der Waals surface area contributed by atoms with E-state index in [0.29, 0.717) is 11.2 Å². The van der Waals surface area contributed by atoms with Crippen LogP contribution in [-0.4, -0.2) is 9.46 Å². The Bertz CT molecular complexity index is 618. The van der Waals surface area contributed by atoms with Gasteiger partial charge in [0.05, 0.1) is 15.7 Å². The first-order valence-electron chi connectivity index (χ1n) is 7.46. The summed E-state index contributed by atoms with van der Waals surface area (Å²) in [4.78, 5) is 0.945. The zero-order valence-corrected chi connectivity index (χ0v) is 14.3. The van der Waals surface area contributed by atoms with E-state index in [2.05, 4.69) is 46.3 Å². The van der Waals surface area contributed by atoms with Crippen LogP contribution >= 0.6 is 15.9 Å². The Hall–Kier alpha value is -0.930. The fraction of sp³-hybridized carbons (Fsp3) is 0.333. The van der Waals surface area contributed by atoms with Gasteiger partial charge in [-0.15, -0.1) is 0 Å². The lowest BCUT2D eigenvalue weighted by atomic mass is 9.84. The average molecular weight is 363 g/mol. The van der Waals surface area contributed by atoms with Crippen molar-refractivity contribution in [1.29, 1.82) is 0 Å². The van der Waals surface area contributed by atoms with Gasteiger partial charge in [0.15, 0.2) is 0 Å². The average Bonchev–Trinajstić information content (AvgIpc) is 2.56. The third-order valence-electron chi connectivity index (χ3n) is 4.30. The van der Waals surface area contributed by atoms with E-state index < -0.39 is 10.8 Å². The predicted molar refractivity (Wildman–Crippen MR) is 92.0 cm³/mol. The smallest absolute Gasteiger partial charge is 0.0572 e. The molecule has 0 amide bonds. The maximum Gasteiger partial charge on any atom is 0.0572 e. The molecule has 0 bridgehead atoms. The number of hydrogen-bond donors (Lipinski definition) is 0. The molecular weight excluding hydrogens is 344 g/mol. The standard InChI is InChI=1S/C18H19BrOS/c19-17-8-4-5-9-18(17)21(20)16-12-10-15(11-13-16)14-6-2-1-3-7-14/h1-9,15-16H,10-13H2. The largest absolute Gasteiger partial charge is 0.254 e. The number of hydrogen-bond acceptors (Lipinski definition) is 1. The first kappa shape index (κ1) is 15.0. The van der Waals surface area contributed by atoms with Gasteiger partial charge in [-0.2, -0.15) is 0 Å². The summed E-state index contributed by atoms with van der Waals surface area (Å²) >= 11 is 3.52. The summed E-state index contributed by atoms with van der Waals surface area (Å²) in [6, 6.07) is 18.6. The van der Waals surface area contributed by atoms with Crippen LogP contribution in [0.2, 0.25) is 0 Å². The van der Waals surface area contributed by atoms with E-state index in [-0.39, 0.29) is 0 Å². The molecule has 0 aliphatic heterocycles. The molecule has 110 valence electrons. The molecule has 0 spiro atoms. The molecule has 1 fully saturated rings. The van der Waals surface area contributed by atoms with Crippen molar-refractivity contribution in [2.45, 2.75) is 41.7 Å². The molecule has 0 radical (unpaired) electrons. The molecule has 0 heterocycles. The van der Waals surface area contributed by atoms with Crippen molar-refractivity contribution in [2.24, 2.45) is 0 Å². The lowest BCUT2D eigenvalue weighted by molar-refractivity contribution is 0.446. The summed E-state index contributed by atoms with van der Waals surface area (Å²) < 4.78 is 13.7. The summed E-state index contributed by atoms with van der Waals surface area (Å²) in [5, 5.41) is 0.295. The first-order valence-corrected chi connectivity index (χ1v) is 9.46. The van der Waals surface area contributed by atoms with Gasteiger partial charge in [0.2, 0.25) is 0 Å². The van der Waals surface area contributed by atoms with Crippen molar-refractivity contribution >= 4 is 26.7 Å². The number of benzene rings is 2. The molecule has 0 aromatic heterocycles. The second-order valence-corrected chi connectivity index (χ2v) is 8.17. The summed E-state index contributed by atoms with van der Waals surface area (Å²) in [5.74, 6) is 0.638. The van der Waals surface area contributed by atoms with Crippen LogP contribution in [0.4, 0.5) is 0 Å². The minimum absolute atomic E-state index is 0.295. The first-order chi connectivity index (χ1) is 10.3. The van der Waals surface area contributed by atoms with E-state index in [1.165, 1.54) is 5.56 Å². The highest BCUT2D eigenvalue weighted by Gasteiger charge is 2.27. The van der Waals surface area contributed by atoms with E-state index in [1.54, 1.807) is 0 Å². The second kappa shape index (κ2) is 6.89. The minimum atomic E-state index is -0.900. The normalized spacial score (nSPS) is 23.7. The van der Waals surface area contributed by atoms with E-state index in [9.17, 15) is 4.21 Å². The monoisotopic (exact) mass is 362 g/mol. The highest BCUT2D eigenvalue weighted by atomic mass is 79.9.